The van der Waals surface area contributed by atoms with Gasteiger partial charge in [-0.3, -0.25) is 4.90 Å². The minimum absolute atomic E-state index is 0.908. The van der Waals surface area contributed by atoms with Gasteiger partial charge in [-0.05, 0) is 32.4 Å². The molecular weight excluding hydrogens is 160 g/mol. The smallest absolute Gasteiger partial charge is 0.0242 e. The van der Waals surface area contributed by atoms with E-state index >= 15 is 0 Å². The second kappa shape index (κ2) is 3.97. The fraction of sp³-hybridized carbons (Fsp3) is 1.00. The van der Waals surface area contributed by atoms with Crippen LogP contribution in [0, 0.1) is 0 Å². The Labute approximate surface area is 81.9 Å². The molecule has 0 saturated carbocycles. The van der Waals surface area contributed by atoms with Crippen molar-refractivity contribution in [2.24, 2.45) is 0 Å². The molecule has 3 aliphatic rings. The van der Waals surface area contributed by atoms with Crippen LogP contribution in [0.4, 0.5) is 0 Å². The number of piperidine rings is 1. The third kappa shape index (κ3) is 1.75. The van der Waals surface area contributed by atoms with E-state index in [-0.39, 0.29) is 0 Å². The quantitative estimate of drug-likeness (QED) is 0.651. The molecule has 3 fully saturated rings. The van der Waals surface area contributed by atoms with E-state index in [9.17, 15) is 0 Å². The van der Waals surface area contributed by atoms with Gasteiger partial charge in [0.15, 0.2) is 0 Å². The van der Waals surface area contributed by atoms with Crippen molar-refractivity contribution in [3.05, 3.63) is 0 Å². The standard InChI is InChI=1S/C11H22N2/c1-3-5-12-8-10-7-11(9-12)13(10)6-4-2/h10-11H,3-9H2,1-2H3. The summed E-state index contributed by atoms with van der Waals surface area (Å²) in [5.74, 6) is 0. The Kier molecular flexibility index (Phi) is 2.89. The van der Waals surface area contributed by atoms with Crippen molar-refractivity contribution in [3.8, 4) is 0 Å². The lowest BCUT2D eigenvalue weighted by atomic mass is 9.87. The van der Waals surface area contributed by atoms with Gasteiger partial charge in [0, 0.05) is 25.2 Å². The molecule has 3 saturated heterocycles. The van der Waals surface area contributed by atoms with Crippen LogP contribution in [-0.2, 0) is 0 Å². The molecule has 2 heteroatoms. The van der Waals surface area contributed by atoms with E-state index in [1.54, 1.807) is 0 Å². The van der Waals surface area contributed by atoms with E-state index in [0.29, 0.717) is 0 Å². The zero-order valence-electron chi connectivity index (χ0n) is 9.00. The molecule has 0 aromatic carbocycles. The number of hydrogen-bond donors (Lipinski definition) is 0. The largest absolute Gasteiger partial charge is 0.300 e. The highest BCUT2D eigenvalue weighted by Gasteiger charge is 2.43. The van der Waals surface area contributed by atoms with Crippen LogP contribution in [0.5, 0.6) is 0 Å². The van der Waals surface area contributed by atoms with Gasteiger partial charge in [-0.1, -0.05) is 13.8 Å². The molecule has 0 aromatic heterocycles. The topological polar surface area (TPSA) is 6.48 Å². The van der Waals surface area contributed by atoms with Gasteiger partial charge >= 0.3 is 0 Å². The monoisotopic (exact) mass is 182 g/mol. The van der Waals surface area contributed by atoms with Crippen molar-refractivity contribution in [1.82, 2.24) is 9.80 Å². The summed E-state index contributed by atoms with van der Waals surface area (Å²) in [5.41, 5.74) is 0. The van der Waals surface area contributed by atoms with E-state index < -0.39 is 0 Å². The summed E-state index contributed by atoms with van der Waals surface area (Å²) in [7, 11) is 0. The number of rotatable bonds is 4. The molecule has 13 heavy (non-hydrogen) atoms. The summed E-state index contributed by atoms with van der Waals surface area (Å²) in [4.78, 5) is 5.36. The average Bonchev–Trinajstić information content (AvgIpc) is 2.15. The molecule has 3 aliphatic heterocycles. The SMILES string of the molecule is CCCN1CC2CC(C1)N2CCC. The molecule has 2 atom stereocenters. The van der Waals surface area contributed by atoms with Crippen LogP contribution in [-0.4, -0.2) is 48.1 Å². The predicted molar refractivity (Wildman–Crippen MR) is 55.9 cm³/mol. The van der Waals surface area contributed by atoms with Crippen molar-refractivity contribution in [2.45, 2.75) is 45.2 Å². The van der Waals surface area contributed by atoms with Crippen LogP contribution in [0.1, 0.15) is 33.1 Å². The molecule has 76 valence electrons. The van der Waals surface area contributed by atoms with E-state index in [1.165, 1.54) is 45.4 Å². The van der Waals surface area contributed by atoms with Crippen molar-refractivity contribution >= 4 is 0 Å². The first-order valence-corrected chi connectivity index (χ1v) is 5.83. The van der Waals surface area contributed by atoms with Crippen LogP contribution < -0.4 is 0 Å². The summed E-state index contributed by atoms with van der Waals surface area (Å²) in [6, 6.07) is 1.82. The predicted octanol–water partition coefficient (Wildman–Crippen LogP) is 1.56. The molecule has 2 bridgehead atoms. The van der Waals surface area contributed by atoms with Crippen LogP contribution >= 0.6 is 0 Å². The molecule has 0 N–H and O–H groups in total. The summed E-state index contributed by atoms with van der Waals surface area (Å²) in [6.45, 7) is 9.89. The van der Waals surface area contributed by atoms with Crippen molar-refractivity contribution in [1.29, 1.82) is 0 Å². The van der Waals surface area contributed by atoms with Gasteiger partial charge in [0.2, 0.25) is 0 Å². The highest BCUT2D eigenvalue weighted by Crippen LogP contribution is 2.31. The van der Waals surface area contributed by atoms with Crippen molar-refractivity contribution in [2.75, 3.05) is 26.2 Å². The Hall–Kier alpha value is -0.0800. The number of fused-ring (bicyclic) bond motifs is 2. The van der Waals surface area contributed by atoms with E-state index in [4.69, 9.17) is 0 Å². The second-order valence-electron chi connectivity index (χ2n) is 4.54. The minimum Gasteiger partial charge on any atom is -0.300 e. The molecule has 3 heterocycles. The molecule has 3 rings (SSSR count). The highest BCUT2D eigenvalue weighted by molar-refractivity contribution is 5.00. The lowest BCUT2D eigenvalue weighted by molar-refractivity contribution is -0.0682. The Morgan fingerprint density at radius 2 is 1.62 bits per heavy atom. The van der Waals surface area contributed by atoms with E-state index in [0.717, 1.165) is 12.1 Å². The van der Waals surface area contributed by atoms with Crippen LogP contribution in [0.2, 0.25) is 0 Å². The van der Waals surface area contributed by atoms with Crippen LogP contribution in [0.25, 0.3) is 0 Å². The summed E-state index contributed by atoms with van der Waals surface area (Å²) in [5, 5.41) is 0. The van der Waals surface area contributed by atoms with Crippen LogP contribution in [0.15, 0.2) is 0 Å². The first kappa shape index (κ1) is 9.47. The molecule has 0 radical (unpaired) electrons. The molecule has 0 aliphatic carbocycles. The van der Waals surface area contributed by atoms with Gasteiger partial charge in [0.05, 0.1) is 0 Å². The van der Waals surface area contributed by atoms with E-state index in [2.05, 4.69) is 23.6 Å². The summed E-state index contributed by atoms with van der Waals surface area (Å²) >= 11 is 0. The van der Waals surface area contributed by atoms with Gasteiger partial charge < -0.3 is 4.90 Å². The Morgan fingerprint density at radius 3 is 2.15 bits per heavy atom. The Morgan fingerprint density at radius 1 is 1.00 bits per heavy atom. The Bertz CT molecular complexity index is 157. The normalized spacial score (nSPS) is 34.6. The maximum absolute atomic E-state index is 2.71. The van der Waals surface area contributed by atoms with Crippen molar-refractivity contribution in [3.63, 3.8) is 0 Å². The summed E-state index contributed by atoms with van der Waals surface area (Å²) in [6.07, 6.45) is 4.11. The lowest BCUT2D eigenvalue weighted by Gasteiger charge is -2.56. The average molecular weight is 182 g/mol. The van der Waals surface area contributed by atoms with E-state index in [1.807, 2.05) is 0 Å². The van der Waals surface area contributed by atoms with Crippen molar-refractivity contribution < 1.29 is 0 Å². The molecule has 2 nitrogen and oxygen atoms in total. The van der Waals surface area contributed by atoms with Gasteiger partial charge in [-0.15, -0.1) is 0 Å². The molecule has 0 spiro atoms. The molecule has 0 amide bonds. The van der Waals surface area contributed by atoms with Gasteiger partial charge in [0.25, 0.3) is 0 Å². The maximum atomic E-state index is 2.71. The molecule has 2 unspecified atom stereocenters. The lowest BCUT2D eigenvalue weighted by Crippen LogP contribution is -2.68. The Balaban J connectivity index is 1.80. The summed E-state index contributed by atoms with van der Waals surface area (Å²) < 4.78 is 0. The molecular formula is C11H22N2. The van der Waals surface area contributed by atoms with Gasteiger partial charge in [-0.2, -0.15) is 0 Å². The third-order valence-corrected chi connectivity index (χ3v) is 3.44. The zero-order chi connectivity index (χ0) is 9.26. The first-order valence-electron chi connectivity index (χ1n) is 5.83. The van der Waals surface area contributed by atoms with Gasteiger partial charge in [-0.25, -0.2) is 0 Å². The van der Waals surface area contributed by atoms with Gasteiger partial charge in [0.1, 0.15) is 0 Å². The first-order chi connectivity index (χ1) is 6.35. The second-order valence-corrected chi connectivity index (χ2v) is 4.54. The zero-order valence-corrected chi connectivity index (χ0v) is 9.00. The number of hydrogen-bond acceptors (Lipinski definition) is 2. The fourth-order valence-corrected chi connectivity index (χ4v) is 2.90. The fourth-order valence-electron chi connectivity index (χ4n) is 2.90. The maximum Gasteiger partial charge on any atom is 0.0242 e. The number of piperazine rings is 1. The highest BCUT2D eigenvalue weighted by atomic mass is 15.3. The van der Waals surface area contributed by atoms with Crippen LogP contribution in [0.3, 0.4) is 0 Å². The molecule has 0 aromatic rings. The minimum atomic E-state index is 0.908. The number of nitrogens with zero attached hydrogens (tertiary/aromatic N) is 2. The third-order valence-electron chi connectivity index (χ3n) is 3.44.